The Kier molecular flexibility index (Phi) is 8.52. The third-order valence-corrected chi connectivity index (χ3v) is 7.47. The highest BCUT2D eigenvalue weighted by molar-refractivity contribution is 5.85. The molecule has 2 aliphatic carbocycles. The van der Waals surface area contributed by atoms with Gasteiger partial charge in [0.2, 0.25) is 5.91 Å². The predicted molar refractivity (Wildman–Crippen MR) is 111 cm³/mol. The van der Waals surface area contributed by atoms with Gasteiger partial charge in [0.25, 0.3) is 0 Å². The number of carbonyl (C=O) groups excluding carboxylic acids is 1. The van der Waals surface area contributed by atoms with Gasteiger partial charge in [-0.25, -0.2) is 0 Å². The van der Waals surface area contributed by atoms with Crippen LogP contribution in [0.2, 0.25) is 0 Å². The summed E-state index contributed by atoms with van der Waals surface area (Å²) >= 11 is 0. The van der Waals surface area contributed by atoms with E-state index in [9.17, 15) is 4.79 Å². The van der Waals surface area contributed by atoms with Crippen LogP contribution in [0.4, 0.5) is 0 Å². The molecule has 1 amide bonds. The minimum atomic E-state index is 0. The third kappa shape index (κ3) is 4.87. The van der Waals surface area contributed by atoms with Crippen molar-refractivity contribution in [3.63, 3.8) is 0 Å². The highest BCUT2D eigenvalue weighted by Gasteiger charge is 2.43. The molecular formula is C20H37Cl2N3O. The molecule has 4 rings (SSSR count). The summed E-state index contributed by atoms with van der Waals surface area (Å²) in [5, 5.41) is 3.49. The number of amides is 1. The Labute approximate surface area is 171 Å². The van der Waals surface area contributed by atoms with E-state index in [0.717, 1.165) is 63.6 Å². The van der Waals surface area contributed by atoms with Crippen molar-refractivity contribution >= 4 is 30.7 Å². The molecule has 1 N–H and O–H groups in total. The van der Waals surface area contributed by atoms with Gasteiger partial charge in [-0.1, -0.05) is 13.3 Å². The van der Waals surface area contributed by atoms with Gasteiger partial charge < -0.3 is 10.2 Å². The van der Waals surface area contributed by atoms with Crippen LogP contribution >= 0.6 is 24.8 Å². The molecule has 26 heavy (non-hydrogen) atoms. The van der Waals surface area contributed by atoms with Gasteiger partial charge in [-0.2, -0.15) is 0 Å². The number of piperazine rings is 1. The van der Waals surface area contributed by atoms with Crippen LogP contribution in [-0.4, -0.2) is 61.0 Å². The maximum absolute atomic E-state index is 12.7. The molecule has 5 unspecified atom stereocenters. The zero-order valence-electron chi connectivity index (χ0n) is 16.2. The van der Waals surface area contributed by atoms with Gasteiger partial charge in [-0.15, -0.1) is 24.8 Å². The van der Waals surface area contributed by atoms with Crippen LogP contribution < -0.4 is 5.32 Å². The molecule has 2 aliphatic heterocycles. The first-order valence-electron chi connectivity index (χ1n) is 10.4. The number of hydrogen-bond acceptors (Lipinski definition) is 3. The Morgan fingerprint density at radius 3 is 2.42 bits per heavy atom. The van der Waals surface area contributed by atoms with Crippen molar-refractivity contribution in [1.82, 2.24) is 15.1 Å². The molecule has 5 atom stereocenters. The highest BCUT2D eigenvalue weighted by atomic mass is 35.5. The fourth-order valence-electron chi connectivity index (χ4n) is 5.90. The van der Waals surface area contributed by atoms with Crippen LogP contribution in [0, 0.1) is 23.7 Å². The van der Waals surface area contributed by atoms with Crippen LogP contribution in [0.3, 0.4) is 0 Å². The van der Waals surface area contributed by atoms with Gasteiger partial charge in [0.05, 0.1) is 0 Å². The Morgan fingerprint density at radius 2 is 1.85 bits per heavy atom. The minimum absolute atomic E-state index is 0. The first-order chi connectivity index (χ1) is 11.7. The molecule has 152 valence electrons. The van der Waals surface area contributed by atoms with Crippen molar-refractivity contribution in [1.29, 1.82) is 0 Å². The lowest BCUT2D eigenvalue weighted by Crippen LogP contribution is -2.53. The van der Waals surface area contributed by atoms with Crippen molar-refractivity contribution in [2.75, 3.05) is 39.3 Å². The maximum Gasteiger partial charge on any atom is 0.222 e. The van der Waals surface area contributed by atoms with E-state index in [-0.39, 0.29) is 24.8 Å². The highest BCUT2D eigenvalue weighted by Crippen LogP contribution is 2.46. The topological polar surface area (TPSA) is 35.6 Å². The molecule has 2 saturated heterocycles. The van der Waals surface area contributed by atoms with Crippen molar-refractivity contribution in [2.45, 2.75) is 57.9 Å². The Balaban J connectivity index is 0.00000121. The summed E-state index contributed by atoms with van der Waals surface area (Å²) < 4.78 is 0. The summed E-state index contributed by atoms with van der Waals surface area (Å²) in [4.78, 5) is 17.6. The fourth-order valence-corrected chi connectivity index (χ4v) is 5.90. The van der Waals surface area contributed by atoms with Crippen LogP contribution in [-0.2, 0) is 4.79 Å². The van der Waals surface area contributed by atoms with E-state index < -0.39 is 0 Å². The van der Waals surface area contributed by atoms with Crippen molar-refractivity contribution < 1.29 is 4.79 Å². The van der Waals surface area contributed by atoms with Crippen LogP contribution in [0.1, 0.15) is 51.9 Å². The van der Waals surface area contributed by atoms with Gasteiger partial charge in [0, 0.05) is 38.6 Å². The minimum Gasteiger partial charge on any atom is -0.340 e. The Morgan fingerprint density at radius 1 is 1.08 bits per heavy atom. The number of nitrogens with one attached hydrogen (secondary N) is 1. The fraction of sp³-hybridized carbons (Fsp3) is 0.950. The van der Waals surface area contributed by atoms with E-state index in [2.05, 4.69) is 22.0 Å². The molecule has 2 saturated carbocycles. The number of nitrogens with zero attached hydrogens (tertiary/aromatic N) is 2. The lowest BCUT2D eigenvalue weighted by Gasteiger charge is -2.41. The monoisotopic (exact) mass is 405 g/mol. The second-order valence-electron chi connectivity index (χ2n) is 8.95. The molecular weight excluding hydrogens is 369 g/mol. The zero-order valence-corrected chi connectivity index (χ0v) is 17.8. The van der Waals surface area contributed by atoms with Crippen LogP contribution in [0.25, 0.3) is 0 Å². The van der Waals surface area contributed by atoms with E-state index >= 15 is 0 Å². The van der Waals surface area contributed by atoms with Gasteiger partial charge in [-0.3, -0.25) is 9.69 Å². The van der Waals surface area contributed by atoms with Crippen molar-refractivity contribution in [3.05, 3.63) is 0 Å². The number of fused-ring (bicyclic) bond motifs is 2. The number of halogens is 2. The van der Waals surface area contributed by atoms with E-state index in [1.54, 1.807) is 0 Å². The van der Waals surface area contributed by atoms with E-state index in [0.29, 0.717) is 17.7 Å². The largest absolute Gasteiger partial charge is 0.340 e. The average molecular weight is 406 g/mol. The standard InChI is InChI=1S/C20H35N3O.2ClH/c1-15(18-3-2-6-21-14-18)11-20(24)23-9-7-22(8-10-23)19-13-16-4-5-17(19)12-16;;/h15-19,21H,2-14H2,1H3;2*1H. The third-order valence-electron chi connectivity index (χ3n) is 7.47. The Hall–Kier alpha value is -0.0300. The Bertz CT molecular complexity index is 450. The lowest BCUT2D eigenvalue weighted by molar-refractivity contribution is -0.134. The number of hydrogen-bond donors (Lipinski definition) is 1. The van der Waals surface area contributed by atoms with Crippen molar-refractivity contribution in [2.24, 2.45) is 23.7 Å². The molecule has 4 fully saturated rings. The lowest BCUT2D eigenvalue weighted by atomic mass is 9.85. The van der Waals surface area contributed by atoms with Gasteiger partial charge >= 0.3 is 0 Å². The zero-order chi connectivity index (χ0) is 16.5. The van der Waals surface area contributed by atoms with Gasteiger partial charge in [0.1, 0.15) is 0 Å². The summed E-state index contributed by atoms with van der Waals surface area (Å²) in [5.41, 5.74) is 0. The molecule has 0 aromatic heterocycles. The first kappa shape index (κ1) is 22.3. The normalized spacial score (nSPS) is 35.5. The quantitative estimate of drug-likeness (QED) is 0.779. The first-order valence-corrected chi connectivity index (χ1v) is 10.4. The SMILES string of the molecule is CC(CC(=O)N1CCN(C2CC3CCC2C3)CC1)C1CCCNC1.Cl.Cl. The molecule has 0 spiro atoms. The number of rotatable bonds is 4. The van der Waals surface area contributed by atoms with Crippen LogP contribution in [0.5, 0.6) is 0 Å². The second-order valence-corrected chi connectivity index (χ2v) is 8.95. The van der Waals surface area contributed by atoms with Crippen LogP contribution in [0.15, 0.2) is 0 Å². The van der Waals surface area contributed by atoms with Gasteiger partial charge in [-0.05, 0) is 68.9 Å². The molecule has 4 nitrogen and oxygen atoms in total. The molecule has 0 aromatic rings. The predicted octanol–water partition coefficient (Wildman–Crippen LogP) is 3.19. The summed E-state index contributed by atoms with van der Waals surface area (Å²) in [6.45, 7) is 8.68. The maximum atomic E-state index is 12.7. The average Bonchev–Trinajstić information content (AvgIpc) is 3.26. The van der Waals surface area contributed by atoms with E-state index in [4.69, 9.17) is 0 Å². The smallest absolute Gasteiger partial charge is 0.222 e. The second kappa shape index (κ2) is 9.95. The molecule has 0 radical (unpaired) electrons. The van der Waals surface area contributed by atoms with Gasteiger partial charge in [0.15, 0.2) is 0 Å². The molecule has 4 aliphatic rings. The summed E-state index contributed by atoms with van der Waals surface area (Å²) in [6.07, 6.45) is 9.17. The van der Waals surface area contributed by atoms with Crippen molar-refractivity contribution in [3.8, 4) is 0 Å². The van der Waals surface area contributed by atoms with E-state index in [1.807, 2.05) is 0 Å². The number of carbonyl (C=O) groups is 1. The molecule has 0 aromatic carbocycles. The molecule has 6 heteroatoms. The molecule has 2 bridgehead atoms. The summed E-state index contributed by atoms with van der Waals surface area (Å²) in [5.74, 6) is 3.60. The summed E-state index contributed by atoms with van der Waals surface area (Å²) in [6, 6.07) is 0.841. The van der Waals surface area contributed by atoms with E-state index in [1.165, 1.54) is 38.5 Å². The molecule has 2 heterocycles. The number of piperidine rings is 1. The summed E-state index contributed by atoms with van der Waals surface area (Å²) in [7, 11) is 0.